The molecule has 0 saturated heterocycles. The summed E-state index contributed by atoms with van der Waals surface area (Å²) in [5, 5.41) is 8.08. The number of hydrazone groups is 1. The van der Waals surface area contributed by atoms with E-state index >= 15 is 0 Å². The second-order valence-electron chi connectivity index (χ2n) is 2.55. The van der Waals surface area contributed by atoms with Crippen LogP contribution in [0.5, 0.6) is 0 Å². The molecule has 0 atom stereocenters. The molecule has 5 heteroatoms. The van der Waals surface area contributed by atoms with E-state index in [0.717, 1.165) is 15.9 Å². The quantitative estimate of drug-likeness (QED) is 0.671. The Hall–Kier alpha value is -0.420. The average molecular weight is 215 g/mol. The maximum Gasteiger partial charge on any atom is 0.184 e. The van der Waals surface area contributed by atoms with E-state index in [1.54, 1.807) is 28.5 Å². The number of thioether (sulfide) groups is 2. The zero-order chi connectivity index (χ0) is 9.84. The van der Waals surface area contributed by atoms with Crippen LogP contribution in [-0.4, -0.2) is 35.4 Å². The zero-order valence-electron chi connectivity index (χ0n) is 8.24. The Morgan fingerprint density at radius 1 is 1.31 bits per heavy atom. The Kier molecular flexibility index (Phi) is 3.87. The molecule has 0 unspecified atom stereocenters. The Bertz CT molecular complexity index is 281. The third-order valence-electron chi connectivity index (χ3n) is 1.51. The van der Waals surface area contributed by atoms with Crippen LogP contribution in [0.1, 0.15) is 6.92 Å². The maximum absolute atomic E-state index is 4.46. The molecule has 1 aliphatic heterocycles. The Morgan fingerprint density at radius 3 is 2.54 bits per heavy atom. The fourth-order valence-corrected chi connectivity index (χ4v) is 1.99. The first-order valence-electron chi connectivity index (χ1n) is 3.84. The number of nitrogens with zero attached hydrogens (tertiary/aromatic N) is 3. The van der Waals surface area contributed by atoms with Gasteiger partial charge >= 0.3 is 0 Å². The van der Waals surface area contributed by atoms with Crippen molar-refractivity contribution in [1.29, 1.82) is 0 Å². The summed E-state index contributed by atoms with van der Waals surface area (Å²) >= 11 is 3.24. The van der Waals surface area contributed by atoms with Gasteiger partial charge in [-0.05, 0) is 25.5 Å². The van der Waals surface area contributed by atoms with Crippen molar-refractivity contribution in [3.63, 3.8) is 0 Å². The molecule has 3 nitrogen and oxygen atoms in total. The van der Waals surface area contributed by atoms with E-state index in [9.17, 15) is 0 Å². The van der Waals surface area contributed by atoms with Gasteiger partial charge in [0.2, 0.25) is 0 Å². The van der Waals surface area contributed by atoms with Crippen molar-refractivity contribution in [2.75, 3.05) is 19.6 Å². The normalized spacial score (nSPS) is 17.5. The van der Waals surface area contributed by atoms with Crippen LogP contribution in [0.3, 0.4) is 0 Å². The first-order chi connectivity index (χ1) is 6.17. The fourth-order valence-electron chi connectivity index (χ4n) is 0.968. The van der Waals surface area contributed by atoms with Crippen molar-refractivity contribution in [1.82, 2.24) is 5.01 Å². The minimum absolute atomic E-state index is 0.928. The summed E-state index contributed by atoms with van der Waals surface area (Å²) in [4.78, 5) is 4.46. The molecule has 13 heavy (non-hydrogen) atoms. The highest BCUT2D eigenvalue weighted by Gasteiger charge is 2.08. The van der Waals surface area contributed by atoms with Crippen LogP contribution in [0.15, 0.2) is 21.2 Å². The number of hydrogen-bond donors (Lipinski definition) is 0. The summed E-state index contributed by atoms with van der Waals surface area (Å²) in [7, 11) is 1.91. The second kappa shape index (κ2) is 4.72. The number of rotatable bonds is 1. The van der Waals surface area contributed by atoms with E-state index in [1.807, 2.05) is 32.6 Å². The van der Waals surface area contributed by atoms with Crippen LogP contribution in [-0.2, 0) is 0 Å². The monoisotopic (exact) mass is 215 g/mol. The van der Waals surface area contributed by atoms with Crippen molar-refractivity contribution in [3.05, 3.63) is 11.1 Å². The van der Waals surface area contributed by atoms with E-state index in [4.69, 9.17) is 0 Å². The largest absolute Gasteiger partial charge is 0.245 e. The fraction of sp³-hybridized carbons (Fsp3) is 0.500. The number of allylic oxidation sites excluding steroid dienone is 1. The van der Waals surface area contributed by atoms with Crippen LogP contribution in [0.4, 0.5) is 0 Å². The van der Waals surface area contributed by atoms with E-state index in [1.165, 1.54) is 0 Å². The highest BCUT2D eigenvalue weighted by Crippen LogP contribution is 2.19. The average Bonchev–Trinajstić information content (AvgIpc) is 2.23. The zero-order valence-corrected chi connectivity index (χ0v) is 9.87. The van der Waals surface area contributed by atoms with E-state index in [2.05, 4.69) is 10.1 Å². The molecule has 0 spiro atoms. The Labute approximate surface area is 87.4 Å². The number of amidine groups is 1. The van der Waals surface area contributed by atoms with Crippen LogP contribution in [0, 0.1) is 0 Å². The van der Waals surface area contributed by atoms with Crippen LogP contribution in [0.25, 0.3) is 0 Å². The van der Waals surface area contributed by atoms with Crippen molar-refractivity contribution in [3.8, 4) is 0 Å². The van der Waals surface area contributed by atoms with Gasteiger partial charge in [-0.2, -0.15) is 5.10 Å². The van der Waals surface area contributed by atoms with Crippen LogP contribution >= 0.6 is 23.5 Å². The molecular formula is C8H13N3S2. The molecule has 1 aliphatic rings. The van der Waals surface area contributed by atoms with Gasteiger partial charge in [-0.3, -0.25) is 0 Å². The molecular weight excluding hydrogens is 202 g/mol. The second-order valence-corrected chi connectivity index (χ2v) is 4.15. The van der Waals surface area contributed by atoms with Gasteiger partial charge in [-0.15, -0.1) is 11.8 Å². The van der Waals surface area contributed by atoms with Gasteiger partial charge in [0, 0.05) is 7.05 Å². The van der Waals surface area contributed by atoms with Gasteiger partial charge in [0.1, 0.15) is 5.03 Å². The highest BCUT2D eigenvalue weighted by molar-refractivity contribution is 8.13. The topological polar surface area (TPSA) is 28.0 Å². The molecule has 0 bridgehead atoms. The predicted molar refractivity (Wildman–Crippen MR) is 63.4 cm³/mol. The maximum atomic E-state index is 4.46. The van der Waals surface area contributed by atoms with E-state index < -0.39 is 0 Å². The molecule has 0 aromatic rings. The van der Waals surface area contributed by atoms with Crippen LogP contribution in [0.2, 0.25) is 0 Å². The van der Waals surface area contributed by atoms with Gasteiger partial charge in [0.25, 0.3) is 0 Å². The van der Waals surface area contributed by atoms with E-state index in [0.29, 0.717) is 0 Å². The first-order valence-corrected chi connectivity index (χ1v) is 6.29. The lowest BCUT2D eigenvalue weighted by atomic mass is 10.4. The molecule has 0 aromatic heterocycles. The van der Waals surface area contributed by atoms with Crippen LogP contribution < -0.4 is 0 Å². The molecule has 72 valence electrons. The molecule has 0 N–H and O–H groups in total. The van der Waals surface area contributed by atoms with Crippen molar-refractivity contribution >= 4 is 34.4 Å². The predicted octanol–water partition coefficient (Wildman–Crippen LogP) is 2.23. The Morgan fingerprint density at radius 2 is 2.00 bits per heavy atom. The summed E-state index contributed by atoms with van der Waals surface area (Å²) in [6.07, 6.45) is 6.01. The lowest BCUT2D eigenvalue weighted by Gasteiger charge is -2.11. The van der Waals surface area contributed by atoms with Gasteiger partial charge in [0.15, 0.2) is 5.17 Å². The third kappa shape index (κ3) is 2.77. The first kappa shape index (κ1) is 10.7. The number of hydrogen-bond acceptors (Lipinski definition) is 5. The minimum atomic E-state index is 0.928. The molecule has 0 radical (unpaired) electrons. The SMILES string of the molecule is CSC1=CC(C)=NN(C)C(SC)=N1. The molecule has 0 aromatic carbocycles. The van der Waals surface area contributed by atoms with Gasteiger partial charge in [0.05, 0.1) is 5.71 Å². The van der Waals surface area contributed by atoms with E-state index in [-0.39, 0.29) is 0 Å². The summed E-state index contributed by atoms with van der Waals surface area (Å²) in [5.41, 5.74) is 0.986. The minimum Gasteiger partial charge on any atom is -0.245 e. The van der Waals surface area contributed by atoms with Gasteiger partial charge in [-0.1, -0.05) is 11.8 Å². The molecule has 1 heterocycles. The van der Waals surface area contributed by atoms with Gasteiger partial charge in [-0.25, -0.2) is 10.0 Å². The molecule has 0 fully saturated rings. The van der Waals surface area contributed by atoms with Gasteiger partial charge < -0.3 is 0 Å². The smallest absolute Gasteiger partial charge is 0.184 e. The summed E-state index contributed by atoms with van der Waals surface area (Å²) in [5.74, 6) is 0. The van der Waals surface area contributed by atoms with Crippen molar-refractivity contribution in [2.24, 2.45) is 10.1 Å². The van der Waals surface area contributed by atoms with Crippen molar-refractivity contribution < 1.29 is 0 Å². The third-order valence-corrected chi connectivity index (χ3v) is 2.86. The molecule has 0 saturated carbocycles. The summed E-state index contributed by atoms with van der Waals surface area (Å²) in [6.45, 7) is 1.98. The van der Waals surface area contributed by atoms with Crippen molar-refractivity contribution in [2.45, 2.75) is 6.92 Å². The highest BCUT2D eigenvalue weighted by atomic mass is 32.2. The standard InChI is InChI=1S/C8H13N3S2/c1-6-5-7(12-3)9-8(13-4)11(2)10-6/h5H,1-4H3. The summed E-state index contributed by atoms with van der Waals surface area (Å²) in [6, 6.07) is 0. The summed E-state index contributed by atoms with van der Waals surface area (Å²) < 4.78 is 0. The lowest BCUT2D eigenvalue weighted by Crippen LogP contribution is -2.17. The number of aliphatic imine (C=N–C) groups is 1. The molecule has 1 rings (SSSR count). The molecule has 0 amide bonds. The molecule has 0 aliphatic carbocycles. The Balaban J connectivity index is 3.00. The lowest BCUT2D eigenvalue weighted by molar-refractivity contribution is 0.557.